The number of anilines is 1. The zero-order chi connectivity index (χ0) is 21.8. The first-order chi connectivity index (χ1) is 15.0. The first-order valence-electron chi connectivity index (χ1n) is 9.90. The van der Waals surface area contributed by atoms with Crippen molar-refractivity contribution in [1.29, 1.82) is 0 Å². The van der Waals surface area contributed by atoms with Gasteiger partial charge in [-0.15, -0.1) is 0 Å². The van der Waals surface area contributed by atoms with E-state index in [1.807, 2.05) is 42.5 Å². The highest BCUT2D eigenvalue weighted by molar-refractivity contribution is 6.07. The summed E-state index contributed by atoms with van der Waals surface area (Å²) in [7, 11) is 0. The number of rotatable bonds is 5. The van der Waals surface area contributed by atoms with Crippen LogP contribution in [-0.2, 0) is 4.79 Å². The van der Waals surface area contributed by atoms with E-state index in [9.17, 15) is 9.59 Å². The van der Waals surface area contributed by atoms with Gasteiger partial charge < -0.3 is 10.3 Å². The second-order valence-electron chi connectivity index (χ2n) is 7.23. The van der Waals surface area contributed by atoms with E-state index in [-0.39, 0.29) is 11.8 Å². The molecule has 0 aliphatic carbocycles. The van der Waals surface area contributed by atoms with Crippen molar-refractivity contribution in [2.75, 3.05) is 5.32 Å². The van der Waals surface area contributed by atoms with Crippen LogP contribution in [0.1, 0.15) is 28.4 Å². The lowest BCUT2D eigenvalue weighted by atomic mass is 10.1. The van der Waals surface area contributed by atoms with Crippen LogP contribution >= 0.6 is 0 Å². The average Bonchev–Trinajstić information content (AvgIpc) is 3.14. The SMILES string of the molecule is CC(=O)Nc1ccc(C(=O)NN=Cc2c(-c3ccccc3)[nH]c3c(C)cccc23)cc1. The van der Waals surface area contributed by atoms with Crippen molar-refractivity contribution in [2.24, 2.45) is 5.10 Å². The molecule has 154 valence electrons. The van der Waals surface area contributed by atoms with Crippen LogP contribution in [0, 0.1) is 6.92 Å². The highest BCUT2D eigenvalue weighted by Gasteiger charge is 2.13. The highest BCUT2D eigenvalue weighted by Crippen LogP contribution is 2.30. The summed E-state index contributed by atoms with van der Waals surface area (Å²) in [4.78, 5) is 27.1. The molecule has 0 aliphatic heterocycles. The molecule has 0 spiro atoms. The van der Waals surface area contributed by atoms with Gasteiger partial charge in [-0.1, -0.05) is 48.5 Å². The minimum atomic E-state index is -0.331. The molecule has 0 saturated carbocycles. The molecule has 1 aromatic heterocycles. The smallest absolute Gasteiger partial charge is 0.271 e. The number of fused-ring (bicyclic) bond motifs is 1. The normalized spacial score (nSPS) is 11.0. The maximum absolute atomic E-state index is 12.5. The van der Waals surface area contributed by atoms with Gasteiger partial charge >= 0.3 is 0 Å². The second kappa shape index (κ2) is 8.67. The average molecular weight is 410 g/mol. The number of aromatic nitrogens is 1. The summed E-state index contributed by atoms with van der Waals surface area (Å²) in [6.45, 7) is 3.49. The van der Waals surface area contributed by atoms with Gasteiger partial charge in [0.2, 0.25) is 5.91 Å². The summed E-state index contributed by atoms with van der Waals surface area (Å²) in [6.07, 6.45) is 1.67. The molecule has 4 aromatic rings. The Kier molecular flexibility index (Phi) is 5.62. The summed E-state index contributed by atoms with van der Waals surface area (Å²) in [5, 5.41) is 7.92. The van der Waals surface area contributed by atoms with Gasteiger partial charge in [-0.25, -0.2) is 5.43 Å². The lowest BCUT2D eigenvalue weighted by molar-refractivity contribution is -0.114. The Bertz CT molecular complexity index is 1270. The fourth-order valence-corrected chi connectivity index (χ4v) is 3.48. The van der Waals surface area contributed by atoms with Crippen LogP contribution in [0.3, 0.4) is 0 Å². The first-order valence-corrected chi connectivity index (χ1v) is 9.90. The summed E-state index contributed by atoms with van der Waals surface area (Å²) in [6, 6.07) is 22.7. The molecular formula is C25H22N4O2. The van der Waals surface area contributed by atoms with Crippen LogP contribution in [0.25, 0.3) is 22.2 Å². The number of benzene rings is 3. The number of H-pyrrole nitrogens is 1. The van der Waals surface area contributed by atoms with Gasteiger partial charge in [-0.2, -0.15) is 5.10 Å². The van der Waals surface area contributed by atoms with Gasteiger partial charge in [0.1, 0.15) is 0 Å². The van der Waals surface area contributed by atoms with E-state index in [1.165, 1.54) is 6.92 Å². The molecule has 3 aromatic carbocycles. The predicted molar refractivity (Wildman–Crippen MR) is 124 cm³/mol. The van der Waals surface area contributed by atoms with E-state index in [2.05, 4.69) is 33.8 Å². The number of aromatic amines is 1. The van der Waals surface area contributed by atoms with Crippen molar-refractivity contribution >= 4 is 34.6 Å². The number of carbonyl (C=O) groups excluding carboxylic acids is 2. The molecule has 1 heterocycles. The molecule has 0 aliphatic rings. The molecular weight excluding hydrogens is 388 g/mol. The van der Waals surface area contributed by atoms with Crippen molar-refractivity contribution in [3.05, 3.63) is 89.5 Å². The van der Waals surface area contributed by atoms with Crippen molar-refractivity contribution in [1.82, 2.24) is 10.4 Å². The van der Waals surface area contributed by atoms with Crippen LogP contribution in [0.4, 0.5) is 5.69 Å². The Morgan fingerprint density at radius 1 is 0.935 bits per heavy atom. The van der Waals surface area contributed by atoms with Crippen molar-refractivity contribution < 1.29 is 9.59 Å². The Morgan fingerprint density at radius 3 is 2.39 bits per heavy atom. The van der Waals surface area contributed by atoms with Crippen LogP contribution in [0.5, 0.6) is 0 Å². The second-order valence-corrected chi connectivity index (χ2v) is 7.23. The van der Waals surface area contributed by atoms with Gasteiger partial charge in [-0.05, 0) is 42.3 Å². The largest absolute Gasteiger partial charge is 0.354 e. The molecule has 31 heavy (non-hydrogen) atoms. The fourth-order valence-electron chi connectivity index (χ4n) is 3.48. The maximum Gasteiger partial charge on any atom is 0.271 e. The van der Waals surface area contributed by atoms with Crippen LogP contribution in [-0.4, -0.2) is 23.0 Å². The van der Waals surface area contributed by atoms with Crippen LogP contribution < -0.4 is 10.7 Å². The molecule has 4 rings (SSSR count). The van der Waals surface area contributed by atoms with E-state index in [1.54, 1.807) is 30.5 Å². The van der Waals surface area contributed by atoms with Gasteiger partial charge in [0.15, 0.2) is 0 Å². The minimum Gasteiger partial charge on any atom is -0.354 e. The number of para-hydroxylation sites is 1. The zero-order valence-electron chi connectivity index (χ0n) is 17.3. The summed E-state index contributed by atoms with van der Waals surface area (Å²) in [5.74, 6) is -0.493. The lowest BCUT2D eigenvalue weighted by Crippen LogP contribution is -2.17. The number of amides is 2. The predicted octanol–water partition coefficient (Wildman–Crippen LogP) is 4.87. The molecule has 0 radical (unpaired) electrons. The third kappa shape index (κ3) is 4.38. The molecule has 6 heteroatoms. The van der Waals surface area contributed by atoms with Gasteiger partial charge in [0.25, 0.3) is 5.91 Å². The third-order valence-electron chi connectivity index (χ3n) is 4.97. The number of hydrogen-bond donors (Lipinski definition) is 3. The molecule has 0 fully saturated rings. The number of carbonyl (C=O) groups is 2. The van der Waals surface area contributed by atoms with Gasteiger partial charge in [-0.3, -0.25) is 9.59 Å². The number of nitrogens with zero attached hydrogens (tertiary/aromatic N) is 1. The van der Waals surface area contributed by atoms with E-state index < -0.39 is 0 Å². The highest BCUT2D eigenvalue weighted by atomic mass is 16.2. The quantitative estimate of drug-likeness (QED) is 0.324. The lowest BCUT2D eigenvalue weighted by Gasteiger charge is -2.04. The first kappa shape index (κ1) is 20.1. The number of hydrazone groups is 1. The molecule has 6 nitrogen and oxygen atoms in total. The van der Waals surface area contributed by atoms with Gasteiger partial charge in [0, 0.05) is 34.6 Å². The van der Waals surface area contributed by atoms with E-state index in [0.29, 0.717) is 11.3 Å². The third-order valence-corrected chi connectivity index (χ3v) is 4.97. The molecule has 2 amide bonds. The minimum absolute atomic E-state index is 0.162. The van der Waals surface area contributed by atoms with E-state index in [0.717, 1.165) is 33.3 Å². The number of nitrogens with one attached hydrogen (secondary N) is 3. The summed E-state index contributed by atoms with van der Waals surface area (Å²) >= 11 is 0. The Balaban J connectivity index is 1.60. The molecule has 0 atom stereocenters. The number of aryl methyl sites for hydroxylation is 1. The van der Waals surface area contributed by atoms with Crippen molar-refractivity contribution in [3.8, 4) is 11.3 Å². The monoisotopic (exact) mass is 410 g/mol. The molecule has 0 bridgehead atoms. The standard InChI is InChI=1S/C25H22N4O2/c1-16-7-6-10-21-22(24(28-23(16)21)18-8-4-3-5-9-18)15-26-29-25(31)19-11-13-20(14-12-19)27-17(2)30/h3-15,28H,1-2H3,(H,27,30)(H,29,31). The Morgan fingerprint density at radius 2 is 1.68 bits per heavy atom. The molecule has 0 unspecified atom stereocenters. The molecule has 0 saturated heterocycles. The maximum atomic E-state index is 12.5. The molecule has 3 N–H and O–H groups in total. The fraction of sp³-hybridized carbons (Fsp3) is 0.0800. The summed E-state index contributed by atoms with van der Waals surface area (Å²) in [5.41, 5.74) is 8.74. The summed E-state index contributed by atoms with van der Waals surface area (Å²) < 4.78 is 0. The van der Waals surface area contributed by atoms with Crippen molar-refractivity contribution in [3.63, 3.8) is 0 Å². The Hall–Kier alpha value is -4.19. The van der Waals surface area contributed by atoms with E-state index in [4.69, 9.17) is 0 Å². The zero-order valence-corrected chi connectivity index (χ0v) is 17.3. The van der Waals surface area contributed by atoms with Gasteiger partial charge in [0.05, 0.1) is 11.9 Å². The van der Waals surface area contributed by atoms with Crippen LogP contribution in [0.2, 0.25) is 0 Å². The van der Waals surface area contributed by atoms with Crippen molar-refractivity contribution in [2.45, 2.75) is 13.8 Å². The Labute approximate surface area is 180 Å². The van der Waals surface area contributed by atoms with E-state index >= 15 is 0 Å². The topological polar surface area (TPSA) is 86.3 Å². The number of hydrogen-bond acceptors (Lipinski definition) is 3. The van der Waals surface area contributed by atoms with Crippen LogP contribution in [0.15, 0.2) is 77.9 Å².